The van der Waals surface area contributed by atoms with Gasteiger partial charge in [0, 0.05) is 12.0 Å². The molecular formula is C9H19NO. The van der Waals surface area contributed by atoms with Gasteiger partial charge >= 0.3 is 0 Å². The van der Waals surface area contributed by atoms with E-state index in [1.165, 1.54) is 0 Å². The number of rotatable bonds is 4. The van der Waals surface area contributed by atoms with Crippen LogP contribution in [0.25, 0.3) is 0 Å². The summed E-state index contributed by atoms with van der Waals surface area (Å²) in [7, 11) is 0. The summed E-state index contributed by atoms with van der Waals surface area (Å²) in [6, 6.07) is 0. The lowest BCUT2D eigenvalue weighted by Gasteiger charge is -2.20. The van der Waals surface area contributed by atoms with Crippen LogP contribution in [0.2, 0.25) is 0 Å². The Labute approximate surface area is 68.8 Å². The second kappa shape index (κ2) is 3.11. The summed E-state index contributed by atoms with van der Waals surface area (Å²) in [4.78, 5) is 0. The van der Waals surface area contributed by atoms with Crippen molar-refractivity contribution >= 4 is 0 Å². The van der Waals surface area contributed by atoms with Gasteiger partial charge in [-0.1, -0.05) is 20.3 Å². The fourth-order valence-electron chi connectivity index (χ4n) is 1.96. The molecule has 0 aromatic carbocycles. The lowest BCUT2D eigenvalue weighted by molar-refractivity contribution is 0.0798. The van der Waals surface area contributed by atoms with E-state index in [4.69, 9.17) is 5.73 Å². The molecule has 11 heavy (non-hydrogen) atoms. The van der Waals surface area contributed by atoms with Crippen LogP contribution < -0.4 is 5.73 Å². The van der Waals surface area contributed by atoms with Gasteiger partial charge in [0.1, 0.15) is 0 Å². The molecule has 2 nitrogen and oxygen atoms in total. The van der Waals surface area contributed by atoms with Crippen molar-refractivity contribution in [2.75, 3.05) is 6.54 Å². The molecule has 0 aromatic heterocycles. The van der Waals surface area contributed by atoms with Crippen LogP contribution in [0.3, 0.4) is 0 Å². The van der Waals surface area contributed by atoms with Gasteiger partial charge in [0.2, 0.25) is 0 Å². The molecule has 66 valence electrons. The summed E-state index contributed by atoms with van der Waals surface area (Å²) in [5.74, 6) is 0.633. The fourth-order valence-corrected chi connectivity index (χ4v) is 1.96. The minimum atomic E-state index is -0.160. The first-order valence-electron chi connectivity index (χ1n) is 4.55. The first-order valence-corrected chi connectivity index (χ1v) is 4.55. The third kappa shape index (κ3) is 1.42. The third-order valence-corrected chi connectivity index (χ3v) is 3.11. The van der Waals surface area contributed by atoms with Crippen molar-refractivity contribution in [3.63, 3.8) is 0 Å². The molecule has 1 aliphatic rings. The Balaban J connectivity index is 2.44. The zero-order valence-electron chi connectivity index (χ0n) is 7.51. The highest BCUT2D eigenvalue weighted by Crippen LogP contribution is 2.54. The molecule has 0 unspecified atom stereocenters. The van der Waals surface area contributed by atoms with Crippen molar-refractivity contribution in [3.8, 4) is 0 Å². The van der Waals surface area contributed by atoms with Crippen molar-refractivity contribution in [2.24, 2.45) is 17.1 Å². The monoisotopic (exact) mass is 157 g/mol. The normalized spacial score (nSPS) is 38.7. The van der Waals surface area contributed by atoms with Crippen LogP contribution in [-0.4, -0.2) is 17.8 Å². The first-order chi connectivity index (χ1) is 5.17. The molecular weight excluding hydrogens is 138 g/mol. The van der Waals surface area contributed by atoms with Gasteiger partial charge in [-0.05, 0) is 18.8 Å². The highest BCUT2D eigenvalue weighted by Gasteiger charge is 2.54. The van der Waals surface area contributed by atoms with Crippen LogP contribution in [0.15, 0.2) is 0 Å². The number of nitrogens with two attached hydrogens (primary N) is 1. The van der Waals surface area contributed by atoms with Crippen molar-refractivity contribution < 1.29 is 5.11 Å². The molecule has 2 heteroatoms. The largest absolute Gasteiger partial charge is 0.392 e. The summed E-state index contributed by atoms with van der Waals surface area (Å²) in [6.07, 6.45) is 2.91. The average molecular weight is 157 g/mol. The van der Waals surface area contributed by atoms with Gasteiger partial charge in [0.05, 0.1) is 6.10 Å². The molecule has 0 spiro atoms. The van der Waals surface area contributed by atoms with Crippen molar-refractivity contribution in [1.29, 1.82) is 0 Å². The number of hydrogen-bond acceptors (Lipinski definition) is 2. The molecule has 0 radical (unpaired) electrons. The Bertz CT molecular complexity index is 134. The summed E-state index contributed by atoms with van der Waals surface area (Å²) in [5, 5.41) is 9.73. The maximum atomic E-state index is 9.73. The second-order valence-electron chi connectivity index (χ2n) is 3.85. The molecule has 1 fully saturated rings. The van der Waals surface area contributed by atoms with E-state index < -0.39 is 0 Å². The minimum absolute atomic E-state index is 0.0933. The van der Waals surface area contributed by atoms with E-state index in [1.807, 2.05) is 0 Å². The zero-order valence-corrected chi connectivity index (χ0v) is 7.51. The summed E-state index contributed by atoms with van der Waals surface area (Å²) >= 11 is 0. The second-order valence-corrected chi connectivity index (χ2v) is 3.85. The average Bonchev–Trinajstić information content (AvgIpc) is 2.63. The van der Waals surface area contributed by atoms with Gasteiger partial charge < -0.3 is 10.8 Å². The molecule has 0 bridgehead atoms. The molecule has 0 amide bonds. The molecule has 1 saturated carbocycles. The van der Waals surface area contributed by atoms with Crippen LogP contribution in [0, 0.1) is 11.3 Å². The summed E-state index contributed by atoms with van der Waals surface area (Å²) in [5.41, 5.74) is 5.72. The Morgan fingerprint density at radius 2 is 2.27 bits per heavy atom. The van der Waals surface area contributed by atoms with E-state index in [0.29, 0.717) is 12.5 Å². The molecule has 3 N–H and O–H groups in total. The van der Waals surface area contributed by atoms with Crippen LogP contribution >= 0.6 is 0 Å². The van der Waals surface area contributed by atoms with Crippen LogP contribution in [0.4, 0.5) is 0 Å². The predicted octanol–water partition coefficient (Wildman–Crippen LogP) is 1.13. The Morgan fingerprint density at radius 3 is 2.55 bits per heavy atom. The van der Waals surface area contributed by atoms with E-state index in [0.717, 1.165) is 19.3 Å². The molecule has 1 aliphatic carbocycles. The van der Waals surface area contributed by atoms with Crippen molar-refractivity contribution in [2.45, 2.75) is 39.2 Å². The molecule has 0 aliphatic heterocycles. The lowest BCUT2D eigenvalue weighted by atomic mass is 9.93. The SMILES string of the molecule is CCC[C@@H](O)[C@@]1(CN)C[C@@H]1C. The molecule has 0 heterocycles. The molecule has 0 saturated heterocycles. The maximum absolute atomic E-state index is 9.73. The Kier molecular flexibility index (Phi) is 2.55. The van der Waals surface area contributed by atoms with E-state index in [-0.39, 0.29) is 11.5 Å². The topological polar surface area (TPSA) is 46.2 Å². The van der Waals surface area contributed by atoms with E-state index in [2.05, 4.69) is 13.8 Å². The summed E-state index contributed by atoms with van der Waals surface area (Å²) in [6.45, 7) is 4.92. The van der Waals surface area contributed by atoms with Crippen molar-refractivity contribution in [3.05, 3.63) is 0 Å². The van der Waals surface area contributed by atoms with Crippen LogP contribution in [-0.2, 0) is 0 Å². The molecule has 3 atom stereocenters. The van der Waals surface area contributed by atoms with Gasteiger partial charge in [0.15, 0.2) is 0 Å². The van der Waals surface area contributed by atoms with E-state index in [9.17, 15) is 5.11 Å². The Morgan fingerprint density at radius 1 is 1.73 bits per heavy atom. The maximum Gasteiger partial charge on any atom is 0.0611 e. The standard InChI is InChI=1S/C9H19NO/c1-3-4-8(11)9(6-10)5-7(9)2/h7-8,11H,3-6,10H2,1-2H3/t7-,8+,9+/m0/s1. The van der Waals surface area contributed by atoms with E-state index >= 15 is 0 Å². The third-order valence-electron chi connectivity index (χ3n) is 3.11. The lowest BCUT2D eigenvalue weighted by Crippen LogP contribution is -2.31. The predicted molar refractivity (Wildman–Crippen MR) is 46.2 cm³/mol. The summed E-state index contributed by atoms with van der Waals surface area (Å²) < 4.78 is 0. The molecule has 0 aromatic rings. The van der Waals surface area contributed by atoms with Gasteiger partial charge in [-0.25, -0.2) is 0 Å². The minimum Gasteiger partial charge on any atom is -0.392 e. The first kappa shape index (κ1) is 9.01. The van der Waals surface area contributed by atoms with Crippen LogP contribution in [0.5, 0.6) is 0 Å². The van der Waals surface area contributed by atoms with Gasteiger partial charge in [-0.3, -0.25) is 0 Å². The molecule has 1 rings (SSSR count). The number of aliphatic hydroxyl groups excluding tert-OH is 1. The zero-order chi connectivity index (χ0) is 8.48. The van der Waals surface area contributed by atoms with Gasteiger partial charge in [0.25, 0.3) is 0 Å². The Hall–Kier alpha value is -0.0800. The fraction of sp³-hybridized carbons (Fsp3) is 1.00. The number of aliphatic hydroxyl groups is 1. The van der Waals surface area contributed by atoms with Crippen molar-refractivity contribution in [1.82, 2.24) is 0 Å². The highest BCUT2D eigenvalue weighted by molar-refractivity contribution is 5.05. The van der Waals surface area contributed by atoms with E-state index in [1.54, 1.807) is 0 Å². The van der Waals surface area contributed by atoms with Gasteiger partial charge in [-0.2, -0.15) is 0 Å². The highest BCUT2D eigenvalue weighted by atomic mass is 16.3. The number of hydrogen-bond donors (Lipinski definition) is 2. The van der Waals surface area contributed by atoms with Gasteiger partial charge in [-0.15, -0.1) is 0 Å². The van der Waals surface area contributed by atoms with Crippen LogP contribution in [0.1, 0.15) is 33.1 Å². The quantitative estimate of drug-likeness (QED) is 0.642. The smallest absolute Gasteiger partial charge is 0.0611 e.